The fraction of sp³-hybridized carbons (Fsp3) is 0. The molecule has 0 saturated carbocycles. The fourth-order valence-corrected chi connectivity index (χ4v) is 1.32. The van der Waals surface area contributed by atoms with Crippen molar-refractivity contribution in [1.29, 1.82) is 0 Å². The highest BCUT2D eigenvalue weighted by Gasteiger charge is 2.16. The first-order valence-electron chi connectivity index (χ1n) is 3.43. The van der Waals surface area contributed by atoms with Gasteiger partial charge < -0.3 is 5.32 Å². The van der Waals surface area contributed by atoms with Crippen molar-refractivity contribution in [3.05, 3.63) is 24.3 Å². The van der Waals surface area contributed by atoms with Crippen LogP contribution in [0.3, 0.4) is 0 Å². The number of hydrogen-bond acceptors (Lipinski definition) is 2. The second kappa shape index (κ2) is 2.80. The van der Waals surface area contributed by atoms with Gasteiger partial charge in [0.05, 0.1) is 11.4 Å². The standard InChI is InChI=1S/C8H5N2S2/c11-7-8(12)10-6-4-2-1-3-5(6)9-7/h1-4H,(H,9,11). The highest BCUT2D eigenvalue weighted by Crippen LogP contribution is 2.24. The van der Waals surface area contributed by atoms with Gasteiger partial charge in [0.2, 0.25) is 0 Å². The Morgan fingerprint density at radius 2 is 1.92 bits per heavy atom. The zero-order valence-corrected chi connectivity index (χ0v) is 7.71. The van der Waals surface area contributed by atoms with Gasteiger partial charge in [0, 0.05) is 0 Å². The molecule has 1 aromatic carbocycles. The minimum atomic E-state index is 0.462. The Bertz CT molecular complexity index is 325. The molecule has 0 aromatic heterocycles. The molecule has 1 aliphatic heterocycles. The molecule has 4 heteroatoms. The van der Waals surface area contributed by atoms with Crippen molar-refractivity contribution in [1.82, 2.24) is 5.32 Å². The molecule has 0 amide bonds. The Labute approximate surface area is 81.0 Å². The van der Waals surface area contributed by atoms with Crippen LogP contribution in [0.2, 0.25) is 0 Å². The highest BCUT2D eigenvalue weighted by atomic mass is 32.1. The van der Waals surface area contributed by atoms with Gasteiger partial charge in [0.1, 0.15) is 4.99 Å². The summed E-state index contributed by atoms with van der Waals surface area (Å²) in [6.45, 7) is 0. The van der Waals surface area contributed by atoms with Gasteiger partial charge in [0.25, 0.3) is 0 Å². The predicted molar refractivity (Wildman–Crippen MR) is 57.1 cm³/mol. The summed E-state index contributed by atoms with van der Waals surface area (Å²) >= 11 is 9.89. The monoisotopic (exact) mass is 193 g/mol. The molecule has 12 heavy (non-hydrogen) atoms. The SMILES string of the molecule is S=C1[N]c2ccccc2NC1=S. The predicted octanol–water partition coefficient (Wildman–Crippen LogP) is 2.00. The number of benzene rings is 1. The molecule has 1 N–H and O–H groups in total. The van der Waals surface area contributed by atoms with Crippen LogP contribution in [-0.4, -0.2) is 9.98 Å². The summed E-state index contributed by atoms with van der Waals surface area (Å²) in [4.78, 5) is 0.993. The molecule has 1 radical (unpaired) electrons. The number of hydrogen-bond donors (Lipinski definition) is 1. The zero-order valence-electron chi connectivity index (χ0n) is 6.07. The molecule has 59 valence electrons. The third-order valence-corrected chi connectivity index (χ3v) is 2.29. The van der Waals surface area contributed by atoms with Gasteiger partial charge in [-0.25, -0.2) is 5.32 Å². The van der Waals surface area contributed by atoms with Crippen LogP contribution in [0.1, 0.15) is 0 Å². The molecule has 0 spiro atoms. The van der Waals surface area contributed by atoms with Crippen LogP contribution in [0.5, 0.6) is 0 Å². The van der Waals surface area contributed by atoms with E-state index in [9.17, 15) is 0 Å². The summed E-state index contributed by atoms with van der Waals surface area (Å²) in [5, 5.41) is 7.16. The minimum Gasteiger partial charge on any atom is -0.342 e. The van der Waals surface area contributed by atoms with Gasteiger partial charge in [-0.3, -0.25) is 0 Å². The smallest absolute Gasteiger partial charge is 0.161 e. The Morgan fingerprint density at radius 1 is 1.17 bits per heavy atom. The minimum absolute atomic E-state index is 0.462. The van der Waals surface area contributed by atoms with Gasteiger partial charge in [-0.1, -0.05) is 36.6 Å². The second-order valence-electron chi connectivity index (χ2n) is 2.39. The number of thiocarbonyl (C=S) groups is 2. The number of nitrogens with zero attached hydrogens (tertiary/aromatic N) is 1. The lowest BCUT2D eigenvalue weighted by molar-refractivity contribution is 1.29. The molecule has 1 aliphatic rings. The van der Waals surface area contributed by atoms with E-state index in [1.54, 1.807) is 0 Å². The molecular weight excluding hydrogens is 188 g/mol. The van der Waals surface area contributed by atoms with Gasteiger partial charge >= 0.3 is 0 Å². The third kappa shape index (κ3) is 1.19. The van der Waals surface area contributed by atoms with Crippen LogP contribution in [-0.2, 0) is 0 Å². The van der Waals surface area contributed by atoms with Gasteiger partial charge in [-0.15, -0.1) is 0 Å². The van der Waals surface area contributed by atoms with Crippen molar-refractivity contribution in [3.63, 3.8) is 0 Å². The molecule has 0 unspecified atom stereocenters. The van der Waals surface area contributed by atoms with Crippen molar-refractivity contribution >= 4 is 45.8 Å². The van der Waals surface area contributed by atoms with Crippen molar-refractivity contribution in [2.75, 3.05) is 5.32 Å². The number of rotatable bonds is 0. The third-order valence-electron chi connectivity index (χ3n) is 1.57. The van der Waals surface area contributed by atoms with Crippen molar-refractivity contribution in [3.8, 4) is 0 Å². The molecule has 0 fully saturated rings. The number of anilines is 1. The van der Waals surface area contributed by atoms with Gasteiger partial charge in [0.15, 0.2) is 4.99 Å². The molecule has 2 nitrogen and oxygen atoms in total. The molecule has 2 rings (SSSR count). The van der Waals surface area contributed by atoms with E-state index in [0.717, 1.165) is 11.4 Å². The second-order valence-corrected chi connectivity index (χ2v) is 3.18. The summed E-state index contributed by atoms with van der Waals surface area (Å²) in [5.41, 5.74) is 1.78. The fourth-order valence-electron chi connectivity index (χ4n) is 1.01. The first-order chi connectivity index (χ1) is 5.77. The Balaban J connectivity index is 2.47. The maximum atomic E-state index is 4.96. The quantitative estimate of drug-likeness (QED) is 0.638. The lowest BCUT2D eigenvalue weighted by Gasteiger charge is -2.18. The van der Waals surface area contributed by atoms with Crippen LogP contribution in [0.4, 0.5) is 11.4 Å². The normalized spacial score (nSPS) is 14.7. The van der Waals surface area contributed by atoms with Crippen LogP contribution >= 0.6 is 24.4 Å². The summed E-state index contributed by atoms with van der Waals surface area (Å²) in [7, 11) is 0. The van der Waals surface area contributed by atoms with E-state index in [1.807, 2.05) is 24.3 Å². The van der Waals surface area contributed by atoms with Crippen LogP contribution in [0.15, 0.2) is 24.3 Å². The van der Waals surface area contributed by atoms with E-state index in [4.69, 9.17) is 24.4 Å². The van der Waals surface area contributed by atoms with Crippen LogP contribution < -0.4 is 10.6 Å². The van der Waals surface area contributed by atoms with Crippen molar-refractivity contribution in [2.24, 2.45) is 0 Å². The van der Waals surface area contributed by atoms with Gasteiger partial charge in [-0.2, -0.15) is 0 Å². The van der Waals surface area contributed by atoms with E-state index in [-0.39, 0.29) is 0 Å². The van der Waals surface area contributed by atoms with Crippen LogP contribution in [0, 0.1) is 0 Å². The first kappa shape index (κ1) is 7.64. The Hall–Kier alpha value is -1.00. The van der Waals surface area contributed by atoms with Crippen LogP contribution in [0.25, 0.3) is 0 Å². The number of nitrogens with one attached hydrogen (secondary N) is 1. The highest BCUT2D eigenvalue weighted by molar-refractivity contribution is 7.89. The van der Waals surface area contributed by atoms with Gasteiger partial charge in [-0.05, 0) is 12.1 Å². The molecular formula is C8H5N2S2. The topological polar surface area (TPSA) is 26.1 Å². The zero-order chi connectivity index (χ0) is 8.55. The lowest BCUT2D eigenvalue weighted by atomic mass is 10.2. The lowest BCUT2D eigenvalue weighted by Crippen LogP contribution is -2.30. The van der Waals surface area contributed by atoms with E-state index in [1.165, 1.54) is 0 Å². The van der Waals surface area contributed by atoms with Crippen molar-refractivity contribution in [2.45, 2.75) is 0 Å². The molecule has 0 bridgehead atoms. The summed E-state index contributed by atoms with van der Waals surface area (Å²) in [6.07, 6.45) is 0. The van der Waals surface area contributed by atoms with E-state index in [2.05, 4.69) is 10.6 Å². The largest absolute Gasteiger partial charge is 0.342 e. The molecule has 0 saturated heterocycles. The maximum absolute atomic E-state index is 4.96. The molecule has 0 atom stereocenters. The average molecular weight is 193 g/mol. The Morgan fingerprint density at radius 3 is 2.75 bits per heavy atom. The summed E-state index contributed by atoms with van der Waals surface area (Å²) < 4.78 is 0. The average Bonchev–Trinajstić information content (AvgIpc) is 2.07. The first-order valence-corrected chi connectivity index (χ1v) is 4.25. The summed E-state index contributed by atoms with van der Waals surface area (Å²) in [5.74, 6) is 0. The molecule has 1 aromatic rings. The summed E-state index contributed by atoms with van der Waals surface area (Å²) in [6, 6.07) is 7.67. The van der Waals surface area contributed by atoms with Crippen molar-refractivity contribution < 1.29 is 0 Å². The number of fused-ring (bicyclic) bond motifs is 1. The Kier molecular flexibility index (Phi) is 1.78. The van der Waals surface area contributed by atoms with E-state index >= 15 is 0 Å². The van der Waals surface area contributed by atoms with E-state index in [0.29, 0.717) is 9.98 Å². The maximum Gasteiger partial charge on any atom is 0.161 e. The van der Waals surface area contributed by atoms with E-state index < -0.39 is 0 Å². The molecule has 0 aliphatic carbocycles. The molecule has 1 heterocycles. The number of para-hydroxylation sites is 2.